The quantitative estimate of drug-likeness (QED) is 0.768. The van der Waals surface area contributed by atoms with Crippen LogP contribution in [0.4, 0.5) is 0 Å². The van der Waals surface area contributed by atoms with Crippen molar-refractivity contribution >= 4 is 5.97 Å². The molecular weight excluding hydrogens is 200 g/mol. The van der Waals surface area contributed by atoms with Crippen LogP contribution in [0.5, 0.6) is 0 Å². The fraction of sp³-hybridized carbons (Fsp3) is 0.357. The number of aliphatic carboxylic acids is 1. The summed E-state index contributed by atoms with van der Waals surface area (Å²) in [6.07, 6.45) is 5.33. The third-order valence-electron chi connectivity index (χ3n) is 3.51. The van der Waals surface area contributed by atoms with Gasteiger partial charge in [0, 0.05) is 11.5 Å². The van der Waals surface area contributed by atoms with Crippen molar-refractivity contribution in [3.63, 3.8) is 0 Å². The predicted molar refractivity (Wildman–Crippen MR) is 62.0 cm³/mol. The van der Waals surface area contributed by atoms with E-state index in [2.05, 4.69) is 5.92 Å². The number of hydrogen-bond acceptors (Lipinski definition) is 1. The van der Waals surface area contributed by atoms with E-state index in [-0.39, 0.29) is 17.3 Å². The average molecular weight is 214 g/mol. The molecule has 2 heteroatoms. The van der Waals surface area contributed by atoms with E-state index in [1.165, 1.54) is 0 Å². The number of rotatable bonds is 2. The van der Waals surface area contributed by atoms with Crippen molar-refractivity contribution < 1.29 is 9.90 Å². The predicted octanol–water partition coefficient (Wildman–Crippen LogP) is 2.49. The number of hydrogen-bond donors (Lipinski definition) is 1. The molecule has 82 valence electrons. The molecule has 0 radical (unpaired) electrons. The van der Waals surface area contributed by atoms with Gasteiger partial charge in [0.2, 0.25) is 0 Å². The van der Waals surface area contributed by atoms with Gasteiger partial charge in [0.1, 0.15) is 0 Å². The van der Waals surface area contributed by atoms with Gasteiger partial charge in [-0.3, -0.25) is 4.79 Å². The van der Waals surface area contributed by atoms with Crippen molar-refractivity contribution in [1.82, 2.24) is 0 Å². The van der Waals surface area contributed by atoms with Crippen LogP contribution in [0.2, 0.25) is 0 Å². The Bertz CT molecular complexity index is 480. The van der Waals surface area contributed by atoms with E-state index in [9.17, 15) is 4.79 Å². The van der Waals surface area contributed by atoms with Gasteiger partial charge in [-0.05, 0) is 23.1 Å². The maximum atomic E-state index is 11.1. The van der Waals surface area contributed by atoms with Crippen LogP contribution < -0.4 is 0 Å². The molecule has 2 nitrogen and oxygen atoms in total. The third kappa shape index (κ3) is 1.49. The van der Waals surface area contributed by atoms with E-state index in [0.717, 1.165) is 11.1 Å². The maximum absolute atomic E-state index is 11.1. The maximum Gasteiger partial charge on any atom is 0.307 e. The number of benzene rings is 1. The molecule has 0 aromatic heterocycles. The Kier molecular flexibility index (Phi) is 2.27. The molecule has 2 atom stereocenters. The van der Waals surface area contributed by atoms with Crippen LogP contribution in [0.1, 0.15) is 30.9 Å². The van der Waals surface area contributed by atoms with Crippen LogP contribution in [-0.2, 0) is 4.79 Å². The van der Waals surface area contributed by atoms with E-state index >= 15 is 0 Å². The van der Waals surface area contributed by atoms with Crippen LogP contribution in [-0.4, -0.2) is 11.1 Å². The first kappa shape index (κ1) is 10.8. The van der Waals surface area contributed by atoms with Crippen molar-refractivity contribution in [1.29, 1.82) is 0 Å². The Morgan fingerprint density at radius 1 is 1.50 bits per heavy atom. The van der Waals surface area contributed by atoms with Crippen LogP contribution >= 0.6 is 0 Å². The number of carboxylic acid groups (broad SMARTS) is 1. The minimum atomic E-state index is -0.721. The number of terminal acetylenes is 1. The molecule has 1 saturated carbocycles. The van der Waals surface area contributed by atoms with Gasteiger partial charge in [-0.15, -0.1) is 6.42 Å². The molecule has 1 N–H and O–H groups in total. The second kappa shape index (κ2) is 3.38. The molecule has 0 spiro atoms. The second-order valence-electron chi connectivity index (χ2n) is 4.88. The lowest BCUT2D eigenvalue weighted by molar-refractivity contribution is -0.139. The Hall–Kier alpha value is -1.75. The number of carbonyl (C=O) groups is 1. The van der Waals surface area contributed by atoms with Crippen molar-refractivity contribution in [2.45, 2.75) is 19.8 Å². The van der Waals surface area contributed by atoms with Crippen molar-refractivity contribution in [3.05, 3.63) is 35.4 Å². The van der Waals surface area contributed by atoms with E-state index in [1.807, 2.05) is 38.1 Å². The Morgan fingerprint density at radius 3 is 2.69 bits per heavy atom. The van der Waals surface area contributed by atoms with Gasteiger partial charge < -0.3 is 5.11 Å². The summed E-state index contributed by atoms with van der Waals surface area (Å²) in [7, 11) is 0. The zero-order chi connectivity index (χ0) is 11.9. The van der Waals surface area contributed by atoms with Crippen LogP contribution in [0, 0.1) is 23.7 Å². The standard InChI is InChI=1S/C14H14O2/c1-4-9-6-5-7-10(8-9)11-12(13(15)16)14(11,2)3/h1,5-8,11-12H,2-3H3,(H,15,16)/t11-,12+/m0/s1. The molecule has 0 aliphatic heterocycles. The molecule has 16 heavy (non-hydrogen) atoms. The molecule has 2 rings (SSSR count). The first-order valence-corrected chi connectivity index (χ1v) is 5.28. The monoisotopic (exact) mass is 214 g/mol. The van der Waals surface area contributed by atoms with Crippen LogP contribution in [0.3, 0.4) is 0 Å². The Balaban J connectivity index is 2.34. The molecule has 0 saturated heterocycles. The molecular formula is C14H14O2. The highest BCUT2D eigenvalue weighted by atomic mass is 16.4. The summed E-state index contributed by atoms with van der Waals surface area (Å²) in [5, 5.41) is 9.11. The lowest BCUT2D eigenvalue weighted by Gasteiger charge is -2.03. The highest BCUT2D eigenvalue weighted by Gasteiger charge is 2.62. The van der Waals surface area contributed by atoms with E-state index < -0.39 is 5.97 Å². The summed E-state index contributed by atoms with van der Waals surface area (Å²) in [5.41, 5.74) is 1.68. The molecule has 1 aliphatic rings. The van der Waals surface area contributed by atoms with Crippen molar-refractivity contribution in [3.8, 4) is 12.3 Å². The molecule has 0 bridgehead atoms. The molecule has 0 unspecified atom stereocenters. The fourth-order valence-electron chi connectivity index (χ4n) is 2.54. The zero-order valence-electron chi connectivity index (χ0n) is 9.40. The fourth-order valence-corrected chi connectivity index (χ4v) is 2.54. The highest BCUT2D eigenvalue weighted by molar-refractivity contribution is 5.77. The normalized spacial score (nSPS) is 25.8. The Morgan fingerprint density at radius 2 is 2.19 bits per heavy atom. The summed E-state index contributed by atoms with van der Waals surface area (Å²) < 4.78 is 0. The van der Waals surface area contributed by atoms with Gasteiger partial charge in [-0.25, -0.2) is 0 Å². The molecule has 1 fully saturated rings. The number of carboxylic acids is 1. The summed E-state index contributed by atoms with van der Waals surface area (Å²) in [5.74, 6) is 1.64. The first-order chi connectivity index (χ1) is 7.48. The average Bonchev–Trinajstić information content (AvgIpc) is 2.82. The highest BCUT2D eigenvalue weighted by Crippen LogP contribution is 2.64. The van der Waals surface area contributed by atoms with Gasteiger partial charge in [0.25, 0.3) is 0 Å². The summed E-state index contributed by atoms with van der Waals surface area (Å²) in [6, 6.07) is 7.61. The van der Waals surface area contributed by atoms with Crippen LogP contribution in [0.25, 0.3) is 0 Å². The third-order valence-corrected chi connectivity index (χ3v) is 3.51. The zero-order valence-corrected chi connectivity index (χ0v) is 9.40. The first-order valence-electron chi connectivity index (χ1n) is 5.28. The van der Waals surface area contributed by atoms with Gasteiger partial charge in [0.15, 0.2) is 0 Å². The summed E-state index contributed by atoms with van der Waals surface area (Å²) >= 11 is 0. The minimum Gasteiger partial charge on any atom is -0.481 e. The minimum absolute atomic E-state index is 0.0818. The van der Waals surface area contributed by atoms with Crippen LogP contribution in [0.15, 0.2) is 24.3 Å². The summed E-state index contributed by atoms with van der Waals surface area (Å²) in [6.45, 7) is 3.97. The smallest absolute Gasteiger partial charge is 0.307 e. The largest absolute Gasteiger partial charge is 0.481 e. The SMILES string of the molecule is C#Cc1cccc([C@H]2[C@H](C(=O)O)C2(C)C)c1. The summed E-state index contributed by atoms with van der Waals surface area (Å²) in [4.78, 5) is 11.1. The van der Waals surface area contributed by atoms with Crippen molar-refractivity contribution in [2.24, 2.45) is 11.3 Å². The molecule has 1 aromatic carbocycles. The lowest BCUT2D eigenvalue weighted by atomic mass is 10.0. The van der Waals surface area contributed by atoms with Gasteiger partial charge in [-0.2, -0.15) is 0 Å². The topological polar surface area (TPSA) is 37.3 Å². The molecule has 0 amide bonds. The second-order valence-corrected chi connectivity index (χ2v) is 4.88. The lowest BCUT2D eigenvalue weighted by Crippen LogP contribution is -2.03. The van der Waals surface area contributed by atoms with E-state index in [4.69, 9.17) is 11.5 Å². The van der Waals surface area contributed by atoms with Gasteiger partial charge in [0.05, 0.1) is 5.92 Å². The van der Waals surface area contributed by atoms with Gasteiger partial charge >= 0.3 is 5.97 Å². The molecule has 1 aromatic rings. The van der Waals surface area contributed by atoms with Crippen molar-refractivity contribution in [2.75, 3.05) is 0 Å². The van der Waals surface area contributed by atoms with Gasteiger partial charge in [-0.1, -0.05) is 31.9 Å². The molecule has 0 heterocycles. The van der Waals surface area contributed by atoms with E-state index in [0.29, 0.717) is 0 Å². The van der Waals surface area contributed by atoms with E-state index in [1.54, 1.807) is 0 Å². The molecule has 1 aliphatic carbocycles. The Labute approximate surface area is 95.3 Å².